The van der Waals surface area contributed by atoms with Crippen LogP contribution in [0.1, 0.15) is 12.5 Å². The predicted octanol–water partition coefficient (Wildman–Crippen LogP) is 3.27. The standard InChI is InChI=1S/C18H19ClN2O4/c1-12(25-15-7-5-14(19)6-8-15)18(22)21-20-11-13-4-9-16(23-2)17(10-13)24-3/h4-12H,1-3H3,(H,21,22)/t12-/m1/s1. The Morgan fingerprint density at radius 3 is 2.44 bits per heavy atom. The summed E-state index contributed by atoms with van der Waals surface area (Å²) in [6.07, 6.45) is 0.804. The topological polar surface area (TPSA) is 69.2 Å². The first-order chi connectivity index (χ1) is 12.0. The molecule has 0 bridgehead atoms. The second-order valence-electron chi connectivity index (χ2n) is 5.06. The second kappa shape index (κ2) is 8.94. The van der Waals surface area contributed by atoms with Gasteiger partial charge in [-0.25, -0.2) is 5.43 Å². The highest BCUT2D eigenvalue weighted by Crippen LogP contribution is 2.26. The van der Waals surface area contributed by atoms with Crippen LogP contribution in [0.5, 0.6) is 17.2 Å². The third kappa shape index (κ3) is 5.39. The number of nitrogens with zero attached hydrogens (tertiary/aromatic N) is 1. The van der Waals surface area contributed by atoms with Crippen LogP contribution in [0.4, 0.5) is 0 Å². The van der Waals surface area contributed by atoms with E-state index in [2.05, 4.69) is 10.5 Å². The lowest BCUT2D eigenvalue weighted by molar-refractivity contribution is -0.127. The molecule has 25 heavy (non-hydrogen) atoms. The summed E-state index contributed by atoms with van der Waals surface area (Å²) in [7, 11) is 3.12. The molecule has 0 spiro atoms. The highest BCUT2D eigenvalue weighted by molar-refractivity contribution is 6.30. The third-order valence-corrected chi connectivity index (χ3v) is 3.54. The van der Waals surface area contributed by atoms with Gasteiger partial charge in [0.15, 0.2) is 17.6 Å². The van der Waals surface area contributed by atoms with Crippen LogP contribution in [0.2, 0.25) is 5.02 Å². The van der Waals surface area contributed by atoms with Crippen LogP contribution in [0.25, 0.3) is 0 Å². The highest BCUT2D eigenvalue weighted by Gasteiger charge is 2.13. The maximum absolute atomic E-state index is 12.0. The minimum absolute atomic E-state index is 0.369. The number of hydrazone groups is 1. The second-order valence-corrected chi connectivity index (χ2v) is 5.50. The van der Waals surface area contributed by atoms with Crippen molar-refractivity contribution in [2.24, 2.45) is 5.10 Å². The van der Waals surface area contributed by atoms with E-state index < -0.39 is 6.10 Å². The van der Waals surface area contributed by atoms with Crippen LogP contribution in [0.15, 0.2) is 47.6 Å². The fraction of sp³-hybridized carbons (Fsp3) is 0.222. The zero-order valence-electron chi connectivity index (χ0n) is 14.2. The Kier molecular flexibility index (Phi) is 6.65. The largest absolute Gasteiger partial charge is 0.493 e. The Balaban J connectivity index is 1.92. The van der Waals surface area contributed by atoms with E-state index in [1.165, 1.54) is 6.21 Å². The monoisotopic (exact) mass is 362 g/mol. The van der Waals surface area contributed by atoms with Crippen LogP contribution in [0, 0.1) is 0 Å². The molecule has 0 radical (unpaired) electrons. The Labute approximate surface area is 151 Å². The van der Waals surface area contributed by atoms with Crippen LogP contribution >= 0.6 is 11.6 Å². The van der Waals surface area contributed by atoms with Gasteiger partial charge in [0.2, 0.25) is 0 Å². The zero-order chi connectivity index (χ0) is 18.2. The molecule has 0 saturated heterocycles. The number of carbonyl (C=O) groups excluding carboxylic acids is 1. The summed E-state index contributed by atoms with van der Waals surface area (Å²) in [6, 6.07) is 12.1. The molecular formula is C18H19ClN2O4. The maximum Gasteiger partial charge on any atom is 0.280 e. The van der Waals surface area contributed by atoms with Gasteiger partial charge in [0, 0.05) is 5.02 Å². The average molecular weight is 363 g/mol. The summed E-state index contributed by atoms with van der Waals surface area (Å²) >= 11 is 5.81. The Hall–Kier alpha value is -2.73. The van der Waals surface area contributed by atoms with Crippen LogP contribution in [-0.4, -0.2) is 32.4 Å². The minimum atomic E-state index is -0.705. The van der Waals surface area contributed by atoms with Gasteiger partial charge < -0.3 is 14.2 Å². The van der Waals surface area contributed by atoms with E-state index in [-0.39, 0.29) is 5.91 Å². The number of benzene rings is 2. The molecule has 0 aromatic heterocycles. The van der Waals surface area contributed by atoms with Gasteiger partial charge in [-0.05, 0) is 55.0 Å². The number of rotatable bonds is 7. The van der Waals surface area contributed by atoms with Crippen molar-refractivity contribution in [1.82, 2.24) is 5.43 Å². The molecule has 0 aliphatic heterocycles. The van der Waals surface area contributed by atoms with Crippen LogP contribution < -0.4 is 19.6 Å². The van der Waals surface area contributed by atoms with E-state index >= 15 is 0 Å². The predicted molar refractivity (Wildman–Crippen MR) is 96.8 cm³/mol. The summed E-state index contributed by atoms with van der Waals surface area (Å²) in [5, 5.41) is 4.53. The zero-order valence-corrected chi connectivity index (χ0v) is 14.9. The first-order valence-corrected chi connectivity index (χ1v) is 7.88. The number of carbonyl (C=O) groups is 1. The van der Waals surface area contributed by atoms with Gasteiger partial charge in [0.05, 0.1) is 20.4 Å². The first kappa shape index (κ1) is 18.6. The Bertz CT molecular complexity index is 747. The molecule has 0 aliphatic carbocycles. The van der Waals surface area contributed by atoms with E-state index in [0.717, 1.165) is 5.56 Å². The van der Waals surface area contributed by atoms with Gasteiger partial charge in [0.1, 0.15) is 5.75 Å². The molecule has 1 atom stereocenters. The summed E-state index contributed by atoms with van der Waals surface area (Å²) < 4.78 is 15.9. The Morgan fingerprint density at radius 1 is 1.12 bits per heavy atom. The van der Waals surface area contributed by atoms with Crippen LogP contribution in [-0.2, 0) is 4.79 Å². The first-order valence-electron chi connectivity index (χ1n) is 7.50. The molecule has 7 heteroatoms. The van der Waals surface area contributed by atoms with Crippen molar-refractivity contribution in [3.05, 3.63) is 53.1 Å². The molecule has 0 aliphatic rings. The number of nitrogens with one attached hydrogen (secondary N) is 1. The van der Waals surface area contributed by atoms with Crippen LogP contribution in [0.3, 0.4) is 0 Å². The van der Waals surface area contributed by atoms with E-state index in [1.807, 2.05) is 0 Å². The molecule has 1 N–H and O–H groups in total. The lowest BCUT2D eigenvalue weighted by Gasteiger charge is -2.12. The number of halogens is 1. The lowest BCUT2D eigenvalue weighted by Crippen LogP contribution is -2.33. The van der Waals surface area contributed by atoms with E-state index in [9.17, 15) is 4.79 Å². The lowest BCUT2D eigenvalue weighted by atomic mass is 10.2. The van der Waals surface area contributed by atoms with Gasteiger partial charge in [-0.3, -0.25) is 4.79 Å². The molecule has 0 unspecified atom stereocenters. The van der Waals surface area contributed by atoms with Gasteiger partial charge in [-0.15, -0.1) is 0 Å². The molecule has 2 aromatic rings. The number of ether oxygens (including phenoxy) is 3. The fourth-order valence-electron chi connectivity index (χ4n) is 1.97. The smallest absolute Gasteiger partial charge is 0.280 e. The van der Waals surface area contributed by atoms with Crippen molar-refractivity contribution in [2.75, 3.05) is 14.2 Å². The molecule has 132 valence electrons. The number of amides is 1. The van der Waals surface area contributed by atoms with Crippen molar-refractivity contribution in [2.45, 2.75) is 13.0 Å². The SMILES string of the molecule is COc1ccc(C=NNC(=O)[C@@H](C)Oc2ccc(Cl)cc2)cc1OC. The number of hydrogen-bond acceptors (Lipinski definition) is 5. The summed E-state index contributed by atoms with van der Waals surface area (Å²) in [5.74, 6) is 1.38. The molecule has 6 nitrogen and oxygen atoms in total. The van der Waals surface area contributed by atoms with Crippen molar-refractivity contribution < 1.29 is 19.0 Å². The van der Waals surface area contributed by atoms with Crippen molar-refractivity contribution in [1.29, 1.82) is 0 Å². The number of methoxy groups -OCH3 is 2. The summed E-state index contributed by atoms with van der Waals surface area (Å²) in [6.45, 7) is 1.63. The molecule has 2 aromatic carbocycles. The average Bonchev–Trinajstić information content (AvgIpc) is 2.63. The van der Waals surface area contributed by atoms with E-state index in [0.29, 0.717) is 22.3 Å². The van der Waals surface area contributed by atoms with Crippen molar-refractivity contribution >= 4 is 23.7 Å². The van der Waals surface area contributed by atoms with E-state index in [1.54, 1.807) is 63.6 Å². The highest BCUT2D eigenvalue weighted by atomic mass is 35.5. The van der Waals surface area contributed by atoms with Gasteiger partial charge >= 0.3 is 0 Å². The van der Waals surface area contributed by atoms with Gasteiger partial charge in [-0.2, -0.15) is 5.10 Å². The third-order valence-electron chi connectivity index (χ3n) is 3.29. The van der Waals surface area contributed by atoms with Gasteiger partial charge in [0.25, 0.3) is 5.91 Å². The molecule has 0 fully saturated rings. The maximum atomic E-state index is 12.0. The minimum Gasteiger partial charge on any atom is -0.493 e. The molecular weight excluding hydrogens is 344 g/mol. The van der Waals surface area contributed by atoms with Gasteiger partial charge in [-0.1, -0.05) is 11.6 Å². The van der Waals surface area contributed by atoms with Crippen molar-refractivity contribution in [3.63, 3.8) is 0 Å². The number of hydrogen-bond donors (Lipinski definition) is 1. The summed E-state index contributed by atoms with van der Waals surface area (Å²) in [5.41, 5.74) is 3.19. The normalized spacial score (nSPS) is 11.8. The molecule has 0 heterocycles. The molecule has 0 saturated carbocycles. The fourth-order valence-corrected chi connectivity index (χ4v) is 2.09. The van der Waals surface area contributed by atoms with Crippen molar-refractivity contribution in [3.8, 4) is 17.2 Å². The quantitative estimate of drug-likeness (QED) is 0.606. The molecule has 2 rings (SSSR count). The summed E-state index contributed by atoms with van der Waals surface area (Å²) in [4.78, 5) is 12.0. The van der Waals surface area contributed by atoms with E-state index in [4.69, 9.17) is 25.8 Å². The Morgan fingerprint density at radius 2 is 1.80 bits per heavy atom. The molecule has 1 amide bonds.